The zero-order chi connectivity index (χ0) is 24.0. The predicted molar refractivity (Wildman–Crippen MR) is 127 cm³/mol. The number of amides is 1. The van der Waals surface area contributed by atoms with Crippen LogP contribution in [0.5, 0.6) is 0 Å². The van der Waals surface area contributed by atoms with Crippen molar-refractivity contribution < 1.29 is 18.7 Å². The largest absolute Gasteiger partial charge is 0.384 e. The van der Waals surface area contributed by atoms with E-state index in [1.54, 1.807) is 0 Å². The molecular weight excluding hydrogens is 434 g/mol. The molecule has 2 aromatic carbocycles. The van der Waals surface area contributed by atoms with E-state index in [9.17, 15) is 18.7 Å². The molecule has 1 aliphatic carbocycles. The van der Waals surface area contributed by atoms with Crippen LogP contribution in [-0.2, 0) is 10.4 Å². The Bertz CT molecular complexity index is 1030. The SMILES string of the molecule is CC1CN(C(=O)[C@@H]2CN(C3CCC3)C[C@H]2c2ccc(F)cc2F)CC(C)C1(O)c1ccccc1. The lowest BCUT2D eigenvalue weighted by Gasteiger charge is -2.48. The number of aliphatic hydroxyl groups is 1. The summed E-state index contributed by atoms with van der Waals surface area (Å²) in [6.45, 7) is 6.12. The van der Waals surface area contributed by atoms with Crippen molar-refractivity contribution in [3.8, 4) is 0 Å². The second-order valence-corrected chi connectivity index (χ2v) is 10.7. The lowest BCUT2D eigenvalue weighted by molar-refractivity contribution is -0.152. The summed E-state index contributed by atoms with van der Waals surface area (Å²) in [5.74, 6) is -2.11. The molecule has 4 nitrogen and oxygen atoms in total. The summed E-state index contributed by atoms with van der Waals surface area (Å²) >= 11 is 0. The van der Waals surface area contributed by atoms with Gasteiger partial charge in [0, 0.05) is 56.0 Å². The Morgan fingerprint density at radius 2 is 1.65 bits per heavy atom. The number of halogens is 2. The molecule has 182 valence electrons. The first-order valence-corrected chi connectivity index (χ1v) is 12.5. The van der Waals surface area contributed by atoms with E-state index < -0.39 is 17.2 Å². The highest BCUT2D eigenvalue weighted by molar-refractivity contribution is 5.81. The molecule has 0 spiro atoms. The fourth-order valence-electron chi connectivity index (χ4n) is 6.44. The van der Waals surface area contributed by atoms with Crippen molar-refractivity contribution >= 4 is 5.91 Å². The number of benzene rings is 2. The molecule has 2 aliphatic heterocycles. The van der Waals surface area contributed by atoms with E-state index in [0.29, 0.717) is 37.8 Å². The van der Waals surface area contributed by atoms with Crippen LogP contribution in [-0.4, -0.2) is 53.0 Å². The van der Waals surface area contributed by atoms with Crippen molar-refractivity contribution in [1.82, 2.24) is 9.80 Å². The first kappa shape index (κ1) is 23.4. The number of carbonyl (C=O) groups excluding carboxylic acids is 1. The molecule has 0 bridgehead atoms. The molecule has 1 saturated carbocycles. The summed E-state index contributed by atoms with van der Waals surface area (Å²) in [6, 6.07) is 13.9. The molecule has 1 amide bonds. The molecule has 2 saturated heterocycles. The van der Waals surface area contributed by atoms with Crippen LogP contribution in [0.1, 0.15) is 50.2 Å². The van der Waals surface area contributed by atoms with Crippen LogP contribution in [0.25, 0.3) is 0 Å². The Morgan fingerprint density at radius 3 is 2.24 bits per heavy atom. The summed E-state index contributed by atoms with van der Waals surface area (Å²) in [5.41, 5.74) is 0.305. The lowest BCUT2D eigenvalue weighted by Crippen LogP contribution is -2.57. The topological polar surface area (TPSA) is 43.8 Å². The predicted octanol–water partition coefficient (Wildman–Crippen LogP) is 4.53. The Morgan fingerprint density at radius 1 is 0.971 bits per heavy atom. The standard InChI is InChI=1S/C28H34F2N2O2/c1-18-14-32(15-19(2)28(18,34)20-7-4-3-5-8-20)27(33)25-17-31(22-9-6-10-22)16-24(25)23-12-11-21(29)13-26(23)30/h3-5,7-8,11-13,18-19,22,24-25,34H,6,9-10,14-17H2,1-2H3/t18?,19?,24-,25+,28?/m0/s1. The van der Waals surface area contributed by atoms with E-state index >= 15 is 0 Å². The highest BCUT2D eigenvalue weighted by Crippen LogP contribution is 2.44. The van der Waals surface area contributed by atoms with Crippen molar-refractivity contribution in [2.75, 3.05) is 26.2 Å². The number of piperidine rings is 1. The first-order chi connectivity index (χ1) is 16.3. The maximum Gasteiger partial charge on any atom is 0.227 e. The average molecular weight is 469 g/mol. The maximum absolute atomic E-state index is 14.8. The third-order valence-electron chi connectivity index (χ3n) is 8.66. The van der Waals surface area contributed by atoms with Gasteiger partial charge in [-0.25, -0.2) is 8.78 Å². The van der Waals surface area contributed by atoms with Crippen LogP contribution in [0.4, 0.5) is 8.78 Å². The van der Waals surface area contributed by atoms with E-state index in [0.717, 1.165) is 24.5 Å². The van der Waals surface area contributed by atoms with Crippen molar-refractivity contribution in [1.29, 1.82) is 0 Å². The highest BCUT2D eigenvalue weighted by Gasteiger charge is 2.50. The van der Waals surface area contributed by atoms with Crippen molar-refractivity contribution in [2.45, 2.75) is 50.7 Å². The summed E-state index contributed by atoms with van der Waals surface area (Å²) in [6.07, 6.45) is 3.41. The molecule has 3 aliphatic rings. The zero-order valence-electron chi connectivity index (χ0n) is 20.0. The Kier molecular flexibility index (Phi) is 6.23. The van der Waals surface area contributed by atoms with E-state index in [1.807, 2.05) is 49.1 Å². The minimum absolute atomic E-state index is 0.0179. The second kappa shape index (κ2) is 9.04. The molecule has 0 radical (unpaired) electrons. The van der Waals surface area contributed by atoms with Gasteiger partial charge in [0.1, 0.15) is 11.6 Å². The minimum atomic E-state index is -1.01. The molecule has 4 atom stereocenters. The Balaban J connectivity index is 1.39. The van der Waals surface area contributed by atoms with Gasteiger partial charge in [-0.2, -0.15) is 0 Å². The van der Waals surface area contributed by atoms with Crippen molar-refractivity contribution in [3.63, 3.8) is 0 Å². The third-order valence-corrected chi connectivity index (χ3v) is 8.66. The van der Waals surface area contributed by atoms with E-state index in [1.165, 1.54) is 18.6 Å². The molecule has 5 rings (SSSR count). The summed E-state index contributed by atoms with van der Waals surface area (Å²) in [5, 5.41) is 11.7. The smallest absolute Gasteiger partial charge is 0.227 e. The first-order valence-electron chi connectivity index (χ1n) is 12.5. The maximum atomic E-state index is 14.8. The summed E-state index contributed by atoms with van der Waals surface area (Å²) < 4.78 is 28.4. The fraction of sp³-hybridized carbons (Fsp3) is 0.536. The summed E-state index contributed by atoms with van der Waals surface area (Å²) in [7, 11) is 0. The van der Waals surface area contributed by atoms with Crippen LogP contribution in [0.3, 0.4) is 0 Å². The van der Waals surface area contributed by atoms with Crippen LogP contribution < -0.4 is 0 Å². The van der Waals surface area contributed by atoms with Crippen LogP contribution in [0.2, 0.25) is 0 Å². The molecule has 3 fully saturated rings. The Labute approximate surface area is 200 Å². The number of nitrogens with zero attached hydrogens (tertiary/aromatic N) is 2. The molecule has 34 heavy (non-hydrogen) atoms. The van der Waals surface area contributed by atoms with Crippen LogP contribution in [0, 0.1) is 29.4 Å². The zero-order valence-corrected chi connectivity index (χ0v) is 20.0. The van der Waals surface area contributed by atoms with Gasteiger partial charge in [0.2, 0.25) is 5.91 Å². The van der Waals surface area contributed by atoms with Gasteiger partial charge in [0.25, 0.3) is 0 Å². The quantitative estimate of drug-likeness (QED) is 0.717. The van der Waals surface area contributed by atoms with Crippen LogP contribution in [0.15, 0.2) is 48.5 Å². The molecule has 2 aromatic rings. The van der Waals surface area contributed by atoms with Gasteiger partial charge in [-0.15, -0.1) is 0 Å². The van der Waals surface area contributed by atoms with E-state index in [2.05, 4.69) is 4.90 Å². The monoisotopic (exact) mass is 468 g/mol. The van der Waals surface area contributed by atoms with Gasteiger partial charge in [-0.05, 0) is 30.0 Å². The van der Waals surface area contributed by atoms with Gasteiger partial charge in [0.15, 0.2) is 0 Å². The summed E-state index contributed by atoms with van der Waals surface area (Å²) in [4.78, 5) is 18.1. The van der Waals surface area contributed by atoms with Gasteiger partial charge < -0.3 is 10.0 Å². The number of carbonyl (C=O) groups is 1. The fourth-order valence-corrected chi connectivity index (χ4v) is 6.44. The van der Waals surface area contributed by atoms with E-state index in [-0.39, 0.29) is 29.6 Å². The third kappa shape index (κ3) is 3.95. The van der Waals surface area contributed by atoms with E-state index in [4.69, 9.17) is 0 Å². The molecule has 1 N–H and O–H groups in total. The number of likely N-dealkylation sites (tertiary alicyclic amines) is 2. The molecule has 6 heteroatoms. The van der Waals surface area contributed by atoms with Crippen molar-refractivity contribution in [3.05, 3.63) is 71.3 Å². The van der Waals surface area contributed by atoms with Gasteiger partial charge in [0.05, 0.1) is 11.5 Å². The minimum Gasteiger partial charge on any atom is -0.384 e. The number of rotatable bonds is 4. The number of hydrogen-bond donors (Lipinski definition) is 1. The molecule has 2 unspecified atom stereocenters. The lowest BCUT2D eigenvalue weighted by atomic mass is 9.70. The number of hydrogen-bond acceptors (Lipinski definition) is 3. The van der Waals surface area contributed by atoms with Gasteiger partial charge in [-0.3, -0.25) is 9.69 Å². The highest BCUT2D eigenvalue weighted by atomic mass is 19.1. The Hall–Kier alpha value is -2.31. The van der Waals surface area contributed by atoms with Crippen LogP contribution >= 0.6 is 0 Å². The molecular formula is C28H34F2N2O2. The normalized spacial score (nSPS) is 32.6. The van der Waals surface area contributed by atoms with Gasteiger partial charge in [-0.1, -0.05) is 56.7 Å². The molecule has 0 aromatic heterocycles. The van der Waals surface area contributed by atoms with Gasteiger partial charge >= 0.3 is 0 Å². The molecule has 2 heterocycles. The second-order valence-electron chi connectivity index (χ2n) is 10.7. The average Bonchev–Trinajstić information content (AvgIpc) is 3.20. The van der Waals surface area contributed by atoms with Crippen molar-refractivity contribution in [2.24, 2.45) is 17.8 Å².